The van der Waals surface area contributed by atoms with Gasteiger partial charge in [0.15, 0.2) is 0 Å². The molecule has 0 unspecified atom stereocenters. The van der Waals surface area contributed by atoms with E-state index >= 15 is 0 Å². The van der Waals surface area contributed by atoms with Gasteiger partial charge in [-0.25, -0.2) is 4.98 Å². The molecule has 3 heteroatoms. The minimum Gasteiger partial charge on any atom is -0.349 e. The van der Waals surface area contributed by atoms with Crippen LogP contribution in [0.15, 0.2) is 48.8 Å². The zero-order valence-electron chi connectivity index (χ0n) is 13.1. The normalized spacial score (nSPS) is 17.3. The standard InChI is InChI=1S/C19H25N3/c1-2-5-17(6-3-1)7-4-14-22-15-10-18(11-16-22)8-9-19-20-12-13-21-19/h1-7,12-13,18H,8-11,14-16H2,(H,20,21)/b7-4+. The number of aromatic amines is 1. The summed E-state index contributed by atoms with van der Waals surface area (Å²) >= 11 is 0. The molecule has 1 aliphatic rings. The third kappa shape index (κ3) is 4.57. The summed E-state index contributed by atoms with van der Waals surface area (Å²) in [5.41, 5.74) is 1.29. The first-order valence-corrected chi connectivity index (χ1v) is 8.32. The quantitative estimate of drug-likeness (QED) is 0.879. The van der Waals surface area contributed by atoms with Gasteiger partial charge >= 0.3 is 0 Å². The monoisotopic (exact) mass is 295 g/mol. The van der Waals surface area contributed by atoms with Crippen molar-refractivity contribution in [3.8, 4) is 0 Å². The Morgan fingerprint density at radius 3 is 2.73 bits per heavy atom. The van der Waals surface area contributed by atoms with Crippen LogP contribution >= 0.6 is 0 Å². The summed E-state index contributed by atoms with van der Waals surface area (Å²) in [7, 11) is 0. The highest BCUT2D eigenvalue weighted by Gasteiger charge is 2.18. The smallest absolute Gasteiger partial charge is 0.106 e. The van der Waals surface area contributed by atoms with Crippen LogP contribution in [0.3, 0.4) is 0 Å². The molecule has 1 aromatic heterocycles. The lowest BCUT2D eigenvalue weighted by atomic mass is 9.92. The van der Waals surface area contributed by atoms with Crippen LogP contribution in [0.5, 0.6) is 0 Å². The third-order valence-corrected chi connectivity index (χ3v) is 4.52. The number of aromatic nitrogens is 2. The van der Waals surface area contributed by atoms with E-state index in [2.05, 4.69) is 57.4 Å². The minimum atomic E-state index is 0.861. The fourth-order valence-electron chi connectivity index (χ4n) is 3.14. The maximum atomic E-state index is 4.31. The van der Waals surface area contributed by atoms with Gasteiger partial charge in [0.05, 0.1) is 0 Å². The Labute approximate surface area is 133 Å². The van der Waals surface area contributed by atoms with Crippen molar-refractivity contribution in [2.45, 2.75) is 25.7 Å². The number of nitrogens with zero attached hydrogens (tertiary/aromatic N) is 2. The fraction of sp³-hybridized carbons (Fsp3) is 0.421. The molecule has 116 valence electrons. The Morgan fingerprint density at radius 1 is 1.18 bits per heavy atom. The fourth-order valence-corrected chi connectivity index (χ4v) is 3.14. The van der Waals surface area contributed by atoms with Crippen LogP contribution in [-0.4, -0.2) is 34.5 Å². The number of aryl methyl sites for hydroxylation is 1. The summed E-state index contributed by atoms with van der Waals surface area (Å²) in [6, 6.07) is 10.5. The van der Waals surface area contributed by atoms with Crippen molar-refractivity contribution in [3.63, 3.8) is 0 Å². The summed E-state index contributed by atoms with van der Waals surface area (Å²) in [6.07, 6.45) is 13.3. The second kappa shape index (κ2) is 7.95. The largest absolute Gasteiger partial charge is 0.349 e. The predicted molar refractivity (Wildman–Crippen MR) is 91.5 cm³/mol. The summed E-state index contributed by atoms with van der Waals surface area (Å²) < 4.78 is 0. The molecule has 0 saturated carbocycles. The molecule has 0 aliphatic carbocycles. The average Bonchev–Trinajstić information content (AvgIpc) is 3.09. The van der Waals surface area contributed by atoms with Gasteiger partial charge in [-0.05, 0) is 43.8 Å². The molecule has 2 heterocycles. The van der Waals surface area contributed by atoms with Crippen molar-refractivity contribution in [1.29, 1.82) is 0 Å². The maximum absolute atomic E-state index is 4.31. The molecule has 1 N–H and O–H groups in total. The van der Waals surface area contributed by atoms with Crippen LogP contribution in [-0.2, 0) is 6.42 Å². The van der Waals surface area contributed by atoms with Gasteiger partial charge in [0, 0.05) is 25.4 Å². The average molecular weight is 295 g/mol. The van der Waals surface area contributed by atoms with E-state index in [0.29, 0.717) is 0 Å². The number of benzene rings is 1. The second-order valence-electron chi connectivity index (χ2n) is 6.13. The van der Waals surface area contributed by atoms with Gasteiger partial charge in [0.25, 0.3) is 0 Å². The molecule has 0 bridgehead atoms. The molecule has 0 spiro atoms. The van der Waals surface area contributed by atoms with Gasteiger partial charge in [-0.15, -0.1) is 0 Å². The van der Waals surface area contributed by atoms with Gasteiger partial charge in [-0.1, -0.05) is 42.5 Å². The Morgan fingerprint density at radius 2 is 2.00 bits per heavy atom. The van der Waals surface area contributed by atoms with Crippen LogP contribution in [0.1, 0.15) is 30.7 Å². The van der Waals surface area contributed by atoms with E-state index in [4.69, 9.17) is 0 Å². The van der Waals surface area contributed by atoms with Crippen molar-refractivity contribution >= 4 is 6.08 Å². The topological polar surface area (TPSA) is 31.9 Å². The van der Waals surface area contributed by atoms with Gasteiger partial charge in [-0.2, -0.15) is 0 Å². The molecule has 1 aromatic carbocycles. The van der Waals surface area contributed by atoms with Gasteiger partial charge < -0.3 is 4.98 Å². The van der Waals surface area contributed by atoms with Gasteiger partial charge in [0.2, 0.25) is 0 Å². The molecule has 3 nitrogen and oxygen atoms in total. The molecule has 1 aliphatic heterocycles. The molecule has 0 amide bonds. The van der Waals surface area contributed by atoms with E-state index in [1.54, 1.807) is 0 Å². The molecule has 2 aromatic rings. The lowest BCUT2D eigenvalue weighted by molar-refractivity contribution is 0.194. The first kappa shape index (κ1) is 15.0. The van der Waals surface area contributed by atoms with Crippen LogP contribution < -0.4 is 0 Å². The zero-order chi connectivity index (χ0) is 15.0. The molecule has 3 rings (SSSR count). The molecular weight excluding hydrogens is 270 g/mol. The van der Waals surface area contributed by atoms with E-state index in [9.17, 15) is 0 Å². The molecule has 0 atom stereocenters. The predicted octanol–water partition coefficient (Wildman–Crippen LogP) is 3.77. The van der Waals surface area contributed by atoms with Crippen LogP contribution in [0.25, 0.3) is 6.08 Å². The van der Waals surface area contributed by atoms with Crippen molar-refractivity contribution in [1.82, 2.24) is 14.9 Å². The number of likely N-dealkylation sites (tertiary alicyclic amines) is 1. The first-order valence-electron chi connectivity index (χ1n) is 8.32. The highest BCUT2D eigenvalue weighted by Crippen LogP contribution is 2.21. The lowest BCUT2D eigenvalue weighted by Gasteiger charge is -2.31. The maximum Gasteiger partial charge on any atom is 0.106 e. The number of imidazole rings is 1. The van der Waals surface area contributed by atoms with Gasteiger partial charge in [-0.3, -0.25) is 4.90 Å². The van der Waals surface area contributed by atoms with Gasteiger partial charge in [0.1, 0.15) is 5.82 Å². The van der Waals surface area contributed by atoms with Crippen LogP contribution in [0.2, 0.25) is 0 Å². The SMILES string of the molecule is C(=C\c1ccccc1)/CN1CCC(CCc2ncc[nH]2)CC1. The molecule has 1 saturated heterocycles. The lowest BCUT2D eigenvalue weighted by Crippen LogP contribution is -2.33. The number of rotatable bonds is 6. The number of piperidine rings is 1. The van der Waals surface area contributed by atoms with Crippen molar-refractivity contribution < 1.29 is 0 Å². The number of H-pyrrole nitrogens is 1. The molecule has 0 radical (unpaired) electrons. The summed E-state index contributed by atoms with van der Waals surface area (Å²) in [5.74, 6) is 1.99. The van der Waals surface area contributed by atoms with E-state index < -0.39 is 0 Å². The van der Waals surface area contributed by atoms with Crippen molar-refractivity contribution in [2.75, 3.05) is 19.6 Å². The number of hydrogen-bond donors (Lipinski definition) is 1. The number of hydrogen-bond acceptors (Lipinski definition) is 2. The van der Waals surface area contributed by atoms with Crippen molar-refractivity contribution in [2.24, 2.45) is 5.92 Å². The first-order chi connectivity index (χ1) is 10.9. The zero-order valence-corrected chi connectivity index (χ0v) is 13.1. The Balaban J connectivity index is 1.36. The summed E-state index contributed by atoms with van der Waals surface area (Å²) in [6.45, 7) is 3.52. The summed E-state index contributed by atoms with van der Waals surface area (Å²) in [5, 5.41) is 0. The van der Waals surface area contributed by atoms with E-state index in [1.165, 1.54) is 37.9 Å². The summed E-state index contributed by atoms with van der Waals surface area (Å²) in [4.78, 5) is 10.1. The van der Waals surface area contributed by atoms with E-state index in [1.807, 2.05) is 12.4 Å². The Bertz CT molecular complexity index is 552. The molecule has 1 fully saturated rings. The van der Waals surface area contributed by atoms with Crippen molar-refractivity contribution in [3.05, 3.63) is 60.2 Å². The van der Waals surface area contributed by atoms with E-state index in [0.717, 1.165) is 24.7 Å². The highest BCUT2D eigenvalue weighted by molar-refractivity contribution is 5.48. The second-order valence-corrected chi connectivity index (χ2v) is 6.13. The minimum absolute atomic E-state index is 0.861. The number of nitrogens with one attached hydrogen (secondary N) is 1. The third-order valence-electron chi connectivity index (χ3n) is 4.52. The Kier molecular flexibility index (Phi) is 5.43. The van der Waals surface area contributed by atoms with Crippen LogP contribution in [0, 0.1) is 5.92 Å². The Hall–Kier alpha value is -1.87. The van der Waals surface area contributed by atoms with E-state index in [-0.39, 0.29) is 0 Å². The molecule has 22 heavy (non-hydrogen) atoms. The highest BCUT2D eigenvalue weighted by atomic mass is 15.1. The van der Waals surface area contributed by atoms with Crippen LogP contribution in [0.4, 0.5) is 0 Å². The molecular formula is C19H25N3.